The summed E-state index contributed by atoms with van der Waals surface area (Å²) in [5.74, 6) is -0.103. The molecule has 0 saturated heterocycles. The number of para-hydroxylation sites is 1. The lowest BCUT2D eigenvalue weighted by atomic mass is 9.96. The van der Waals surface area contributed by atoms with E-state index in [1.165, 1.54) is 0 Å². The lowest BCUT2D eigenvalue weighted by molar-refractivity contribution is -0.118. The Kier molecular flexibility index (Phi) is 5.46. The Hall–Kier alpha value is -3.68. The Morgan fingerprint density at radius 3 is 2.58 bits per heavy atom. The van der Waals surface area contributed by atoms with Gasteiger partial charge in [0.05, 0.1) is 17.9 Å². The van der Waals surface area contributed by atoms with Crippen molar-refractivity contribution in [1.29, 1.82) is 0 Å². The number of rotatable bonds is 3. The van der Waals surface area contributed by atoms with Gasteiger partial charge in [0.2, 0.25) is 5.91 Å². The molecule has 2 aromatic carbocycles. The smallest absolute Gasteiger partial charge is 0.407 e. The van der Waals surface area contributed by atoms with Gasteiger partial charge in [-0.3, -0.25) is 9.89 Å². The second kappa shape index (κ2) is 8.22. The van der Waals surface area contributed by atoms with Gasteiger partial charge in [0.15, 0.2) is 0 Å². The minimum atomic E-state index is -0.588. The first-order chi connectivity index (χ1) is 14.8. The molecule has 1 aliphatic rings. The quantitative estimate of drug-likeness (QED) is 0.671. The van der Waals surface area contributed by atoms with Gasteiger partial charge in [-0.1, -0.05) is 47.7 Å². The molecule has 0 unspecified atom stereocenters. The van der Waals surface area contributed by atoms with Gasteiger partial charge >= 0.3 is 6.09 Å². The minimum absolute atomic E-state index is 0.103. The molecule has 4 rings (SSSR count). The number of carbonyl (C=O) groups excluding carboxylic acids is 2. The molecule has 0 radical (unpaired) electrons. The van der Waals surface area contributed by atoms with Crippen molar-refractivity contribution in [2.75, 3.05) is 11.4 Å². The van der Waals surface area contributed by atoms with E-state index in [0.29, 0.717) is 6.54 Å². The number of aromatic nitrogens is 3. The van der Waals surface area contributed by atoms with Crippen molar-refractivity contribution in [2.24, 2.45) is 0 Å². The number of aromatic amines is 1. The summed E-state index contributed by atoms with van der Waals surface area (Å²) in [5.41, 5.74) is 4.48. The number of hydrogen-bond acceptors (Lipinski definition) is 5. The highest BCUT2D eigenvalue weighted by molar-refractivity contribution is 6.00. The van der Waals surface area contributed by atoms with E-state index in [2.05, 4.69) is 20.7 Å². The van der Waals surface area contributed by atoms with Crippen LogP contribution in [-0.4, -0.2) is 39.6 Å². The van der Waals surface area contributed by atoms with E-state index < -0.39 is 11.7 Å². The highest BCUT2D eigenvalue weighted by Crippen LogP contribution is 2.39. The number of nitrogens with zero attached hydrogens (tertiary/aromatic N) is 3. The lowest BCUT2D eigenvalue weighted by Crippen LogP contribution is -2.37. The summed E-state index contributed by atoms with van der Waals surface area (Å²) in [4.78, 5) is 26.9. The average Bonchev–Trinajstić information content (AvgIpc) is 3.19. The molecule has 0 bridgehead atoms. The summed E-state index contributed by atoms with van der Waals surface area (Å²) in [7, 11) is 0. The summed E-state index contributed by atoms with van der Waals surface area (Å²) in [6, 6.07) is 15.5. The fourth-order valence-electron chi connectivity index (χ4n) is 3.61. The third-order valence-electron chi connectivity index (χ3n) is 4.92. The summed E-state index contributed by atoms with van der Waals surface area (Å²) in [6.45, 7) is 5.97. The Bertz CT molecular complexity index is 1120. The minimum Gasteiger partial charge on any atom is -0.444 e. The molecule has 2 N–H and O–H groups in total. The maximum Gasteiger partial charge on any atom is 0.407 e. The molecule has 0 saturated carbocycles. The van der Waals surface area contributed by atoms with E-state index in [1.54, 1.807) is 25.7 Å². The Morgan fingerprint density at radius 1 is 1.10 bits per heavy atom. The first-order valence-electron chi connectivity index (χ1n) is 10.2. The van der Waals surface area contributed by atoms with Gasteiger partial charge in [-0.05, 0) is 32.4 Å². The number of anilines is 1. The molecule has 1 aromatic heterocycles. The van der Waals surface area contributed by atoms with Crippen molar-refractivity contribution in [3.05, 3.63) is 54.1 Å². The Balaban J connectivity index is 1.62. The van der Waals surface area contributed by atoms with E-state index in [1.807, 2.05) is 48.5 Å². The van der Waals surface area contributed by atoms with Crippen LogP contribution in [0.1, 0.15) is 32.8 Å². The van der Waals surface area contributed by atoms with Crippen LogP contribution in [0, 0.1) is 0 Å². The highest BCUT2D eigenvalue weighted by Gasteiger charge is 2.27. The van der Waals surface area contributed by atoms with Crippen LogP contribution < -0.4 is 10.2 Å². The van der Waals surface area contributed by atoms with Gasteiger partial charge in [-0.2, -0.15) is 0 Å². The fraction of sp³-hybridized carbons (Fsp3) is 0.304. The van der Waals surface area contributed by atoms with Crippen LogP contribution in [0.3, 0.4) is 0 Å². The molecule has 31 heavy (non-hydrogen) atoms. The van der Waals surface area contributed by atoms with E-state index in [9.17, 15) is 9.59 Å². The zero-order chi connectivity index (χ0) is 22.0. The lowest BCUT2D eigenvalue weighted by Gasteiger charge is -2.28. The predicted molar refractivity (Wildman–Crippen MR) is 117 cm³/mol. The number of hydrogen-bond donors (Lipinski definition) is 2. The molecule has 2 heterocycles. The normalized spacial score (nSPS) is 12.7. The summed E-state index contributed by atoms with van der Waals surface area (Å²) in [5, 5.41) is 14.0. The molecule has 1 aliphatic heterocycles. The van der Waals surface area contributed by atoms with Crippen LogP contribution in [0.4, 0.5) is 10.5 Å². The van der Waals surface area contributed by atoms with E-state index in [4.69, 9.17) is 4.74 Å². The Labute approximate surface area is 180 Å². The largest absolute Gasteiger partial charge is 0.444 e. The van der Waals surface area contributed by atoms with Gasteiger partial charge in [-0.25, -0.2) is 4.79 Å². The molecule has 8 nitrogen and oxygen atoms in total. The van der Waals surface area contributed by atoms with E-state index in [-0.39, 0.29) is 18.9 Å². The molecular formula is C23H25N5O3. The number of fused-ring (bicyclic) bond motifs is 5. The van der Waals surface area contributed by atoms with Crippen LogP contribution in [0.5, 0.6) is 0 Å². The maximum absolute atomic E-state index is 13.2. The number of H-pyrrole nitrogens is 1. The topological polar surface area (TPSA) is 100 Å². The monoisotopic (exact) mass is 419 g/mol. The molecule has 0 aliphatic carbocycles. The van der Waals surface area contributed by atoms with Crippen LogP contribution in [0.2, 0.25) is 0 Å². The first kappa shape index (κ1) is 20.6. The van der Waals surface area contributed by atoms with Crippen molar-refractivity contribution in [3.63, 3.8) is 0 Å². The highest BCUT2D eigenvalue weighted by atomic mass is 16.6. The maximum atomic E-state index is 13.2. The van der Waals surface area contributed by atoms with Crippen LogP contribution in [0.25, 0.3) is 22.5 Å². The van der Waals surface area contributed by atoms with Gasteiger partial charge in [-0.15, -0.1) is 5.10 Å². The number of amides is 2. The van der Waals surface area contributed by atoms with Gasteiger partial charge < -0.3 is 15.0 Å². The Morgan fingerprint density at radius 2 is 1.81 bits per heavy atom. The van der Waals surface area contributed by atoms with Crippen molar-refractivity contribution in [2.45, 2.75) is 39.3 Å². The first-order valence-corrected chi connectivity index (χ1v) is 10.2. The van der Waals surface area contributed by atoms with Crippen LogP contribution in [-0.2, 0) is 16.1 Å². The summed E-state index contributed by atoms with van der Waals surface area (Å²) in [6.07, 6.45) is -0.393. The predicted octanol–water partition coefficient (Wildman–Crippen LogP) is 3.90. The summed E-state index contributed by atoms with van der Waals surface area (Å²) < 4.78 is 5.24. The van der Waals surface area contributed by atoms with Gasteiger partial charge in [0.1, 0.15) is 11.3 Å². The second-order valence-corrected chi connectivity index (χ2v) is 8.37. The van der Waals surface area contributed by atoms with Crippen molar-refractivity contribution >= 4 is 17.7 Å². The molecule has 0 fully saturated rings. The molecule has 2 amide bonds. The average molecular weight is 419 g/mol. The third-order valence-corrected chi connectivity index (χ3v) is 4.92. The number of carbonyl (C=O) groups is 2. The number of nitrogens with one attached hydrogen (secondary N) is 2. The van der Waals surface area contributed by atoms with Crippen molar-refractivity contribution in [1.82, 2.24) is 20.7 Å². The van der Waals surface area contributed by atoms with Crippen LogP contribution in [0.15, 0.2) is 48.5 Å². The standard InChI is InChI=1S/C23H25N5O3/c1-23(2,3)31-22(30)24-13-12-19(29)28-14-15-8-4-5-9-16(15)20-21(26-27-25-20)17-10-6-7-11-18(17)28/h4-11H,12-14H2,1-3H3,(H,24,30)(H,25,26,27). The fourth-order valence-corrected chi connectivity index (χ4v) is 3.61. The van der Waals surface area contributed by atoms with Crippen molar-refractivity contribution in [3.8, 4) is 22.5 Å². The van der Waals surface area contributed by atoms with Gasteiger partial charge in [0, 0.05) is 24.1 Å². The second-order valence-electron chi connectivity index (χ2n) is 8.37. The van der Waals surface area contributed by atoms with Crippen LogP contribution >= 0.6 is 0 Å². The molecule has 3 aromatic rings. The number of ether oxygens (including phenoxy) is 1. The molecule has 160 valence electrons. The SMILES string of the molecule is CC(C)(C)OC(=O)NCCC(=O)N1Cc2ccccc2-c2nn[nH]c2-c2ccccc21. The molecular weight excluding hydrogens is 394 g/mol. The third kappa shape index (κ3) is 4.42. The summed E-state index contributed by atoms with van der Waals surface area (Å²) >= 11 is 0. The van der Waals surface area contributed by atoms with E-state index in [0.717, 1.165) is 33.8 Å². The number of benzene rings is 2. The zero-order valence-corrected chi connectivity index (χ0v) is 17.8. The zero-order valence-electron chi connectivity index (χ0n) is 17.8. The molecule has 8 heteroatoms. The number of alkyl carbamates (subject to hydrolysis) is 1. The van der Waals surface area contributed by atoms with E-state index >= 15 is 0 Å². The van der Waals surface area contributed by atoms with Crippen molar-refractivity contribution < 1.29 is 14.3 Å². The van der Waals surface area contributed by atoms with Gasteiger partial charge in [0.25, 0.3) is 0 Å². The molecule has 0 spiro atoms. The molecule has 0 atom stereocenters.